The first-order valence-corrected chi connectivity index (χ1v) is 13.0. The smallest absolute Gasteiger partial charge is 1.00 e. The maximum Gasteiger partial charge on any atom is 1.00 e. The van der Waals surface area contributed by atoms with Gasteiger partial charge in [0.05, 0.1) is 11.5 Å². The molecule has 0 bridgehead atoms. The van der Waals surface area contributed by atoms with Crippen LogP contribution in [0.2, 0.25) is 0 Å². The molecule has 2 heterocycles. The van der Waals surface area contributed by atoms with Gasteiger partial charge in [-0.3, -0.25) is 24.3 Å². The van der Waals surface area contributed by atoms with Crippen molar-refractivity contribution in [3.05, 3.63) is 51.0 Å². The molecule has 5 N–H and O–H groups in total. The molecule has 1 aliphatic heterocycles. The number of nitrogens with zero attached hydrogens (tertiary/aromatic N) is 4. The first-order chi connectivity index (χ1) is 18.2. The Labute approximate surface area is 254 Å². The van der Waals surface area contributed by atoms with E-state index in [0.717, 1.165) is 11.3 Å². The second-order valence-corrected chi connectivity index (χ2v) is 10.6. The van der Waals surface area contributed by atoms with Crippen molar-refractivity contribution in [3.8, 4) is 0 Å². The zero-order valence-corrected chi connectivity index (χ0v) is 24.8. The van der Waals surface area contributed by atoms with Crippen LogP contribution in [0, 0.1) is 10.1 Å². The van der Waals surface area contributed by atoms with Crippen LogP contribution in [0.4, 0.5) is 10.8 Å². The minimum absolute atomic E-state index is 0. The van der Waals surface area contributed by atoms with Gasteiger partial charge in [0, 0.05) is 17.5 Å². The molecule has 1 fully saturated rings. The summed E-state index contributed by atoms with van der Waals surface area (Å²) in [6.45, 7) is 1.40. The van der Waals surface area contributed by atoms with Crippen molar-refractivity contribution in [3.63, 3.8) is 0 Å². The number of non-ortho nitro benzene ring substituents is 1. The van der Waals surface area contributed by atoms with E-state index in [1.165, 1.54) is 43.5 Å². The number of nitro groups is 1. The average Bonchev–Trinajstić information content (AvgIpc) is 3.28. The fourth-order valence-corrected chi connectivity index (χ4v) is 4.60. The van der Waals surface area contributed by atoms with Gasteiger partial charge < -0.3 is 27.2 Å². The second kappa shape index (κ2) is 13.0. The molecule has 2 amide bonds. The summed E-state index contributed by atoms with van der Waals surface area (Å²) in [6.07, 6.45) is 0. The van der Waals surface area contributed by atoms with Crippen LogP contribution in [0.25, 0.3) is 0 Å². The molecule has 1 saturated heterocycles. The van der Waals surface area contributed by atoms with Crippen LogP contribution in [0.1, 0.15) is 26.5 Å². The quantitative estimate of drug-likeness (QED) is 0.0367. The number of esters is 1. The number of carbonyl (C=O) groups is 3. The molecular weight excluding hydrogens is 587 g/mol. The van der Waals surface area contributed by atoms with Gasteiger partial charge in [-0.15, -0.1) is 11.3 Å². The zero-order chi connectivity index (χ0) is 29.1. The van der Waals surface area contributed by atoms with Crippen LogP contribution >= 0.6 is 11.3 Å². The fraction of sp³-hybridized carbons (Fsp3) is 0.350. The summed E-state index contributed by atoms with van der Waals surface area (Å²) in [4.78, 5) is 57.1. The average molecular weight is 611 g/mol. The number of hydrogen-bond donors (Lipinski definition) is 4. The number of rotatable bonds is 11. The Hall–Kier alpha value is -3.20. The number of amides is 2. The Morgan fingerprint density at radius 3 is 2.48 bits per heavy atom. The standard InChI is InChI=1S/C20H22N6O11S2.Na.H/c1-20(2,18(30)36-8-10-3-5-11(6-4-10)26(31)32)37-24-14(12-9-38-19(21)22-12)16(28)23-15-13(7-27)25(17(15)29)39(33,34)35;;/h3-6,9,13,15,27H,7-8H2,1-2H3,(H2,21,22)(H,23,28)(H,33,34,35);;/q;+1;-1/b24-14-;;. The van der Waals surface area contributed by atoms with Crippen molar-refractivity contribution in [2.45, 2.75) is 38.1 Å². The summed E-state index contributed by atoms with van der Waals surface area (Å²) in [6, 6.07) is 2.26. The van der Waals surface area contributed by atoms with Crippen LogP contribution in [-0.4, -0.2) is 80.1 Å². The SMILES string of the molecule is CC(C)(O/N=C(\C(=O)NC1C(=O)N(S(=O)(=O)O)C1CO)c1csc(N)n1)C(=O)OCc1ccc([N+](=O)[O-])cc1.[H-].[Na+]. The number of nitrogen functional groups attached to an aromatic ring is 1. The Morgan fingerprint density at radius 2 is 1.98 bits per heavy atom. The van der Waals surface area contributed by atoms with Crippen molar-refractivity contribution in [1.29, 1.82) is 0 Å². The molecule has 2 atom stereocenters. The summed E-state index contributed by atoms with van der Waals surface area (Å²) in [5, 5.41) is 27.4. The van der Waals surface area contributed by atoms with Gasteiger partial charge in [0.15, 0.2) is 10.8 Å². The van der Waals surface area contributed by atoms with Gasteiger partial charge in [-0.1, -0.05) is 5.16 Å². The number of aliphatic hydroxyl groups is 1. The van der Waals surface area contributed by atoms with Crippen LogP contribution in [-0.2, 0) is 40.9 Å². The van der Waals surface area contributed by atoms with E-state index in [9.17, 15) is 38.0 Å². The molecule has 0 aliphatic carbocycles. The minimum atomic E-state index is -4.98. The summed E-state index contributed by atoms with van der Waals surface area (Å²) < 4.78 is 37.0. The number of β-lactam (4-membered cyclic amide) rings is 1. The summed E-state index contributed by atoms with van der Waals surface area (Å²) >= 11 is 0.935. The number of aliphatic hydroxyl groups excluding tert-OH is 1. The number of nitrogens with two attached hydrogens (primary N) is 1. The zero-order valence-electron chi connectivity index (χ0n) is 22.2. The molecule has 1 aliphatic rings. The number of oxime groups is 1. The normalized spacial score (nSPS) is 17.4. The largest absolute Gasteiger partial charge is 1.00 e. The van der Waals surface area contributed by atoms with E-state index in [2.05, 4.69) is 15.5 Å². The van der Waals surface area contributed by atoms with Crippen molar-refractivity contribution in [1.82, 2.24) is 14.6 Å². The van der Waals surface area contributed by atoms with Crippen molar-refractivity contribution < 1.29 is 77.9 Å². The Balaban J connectivity index is 0.00000420. The summed E-state index contributed by atoms with van der Waals surface area (Å²) in [5.74, 6) is -3.22. The summed E-state index contributed by atoms with van der Waals surface area (Å²) in [7, 11) is -4.98. The van der Waals surface area contributed by atoms with Gasteiger partial charge in [-0.05, 0) is 31.5 Å². The Kier molecular flexibility index (Phi) is 10.7. The van der Waals surface area contributed by atoms with Crippen LogP contribution in [0.3, 0.4) is 0 Å². The van der Waals surface area contributed by atoms with Gasteiger partial charge in [0.25, 0.3) is 17.5 Å². The molecule has 2 unspecified atom stereocenters. The number of anilines is 1. The molecule has 2 aromatic rings. The third-order valence-corrected chi connectivity index (χ3v) is 6.87. The van der Waals surface area contributed by atoms with Crippen LogP contribution in [0.5, 0.6) is 0 Å². The van der Waals surface area contributed by atoms with Crippen molar-refractivity contribution in [2.24, 2.45) is 5.16 Å². The number of aromatic nitrogens is 1. The number of nitro benzene ring substituents is 1. The molecule has 1 aromatic carbocycles. The van der Waals surface area contributed by atoms with E-state index in [1.807, 2.05) is 0 Å². The van der Waals surface area contributed by atoms with E-state index in [4.69, 9.17) is 19.9 Å². The van der Waals surface area contributed by atoms with Crippen LogP contribution < -0.4 is 40.6 Å². The van der Waals surface area contributed by atoms with Gasteiger partial charge >= 0.3 is 45.8 Å². The predicted molar refractivity (Wildman–Crippen MR) is 133 cm³/mol. The van der Waals surface area contributed by atoms with Gasteiger partial charge in [0.2, 0.25) is 5.60 Å². The monoisotopic (exact) mass is 610 g/mol. The van der Waals surface area contributed by atoms with E-state index < -0.39 is 63.0 Å². The molecule has 1 aromatic heterocycles. The third kappa shape index (κ3) is 7.50. The van der Waals surface area contributed by atoms with Crippen LogP contribution in [0.15, 0.2) is 34.8 Å². The number of carbonyl (C=O) groups excluding carboxylic acids is 3. The van der Waals surface area contributed by atoms with Gasteiger partial charge in [0.1, 0.15) is 24.4 Å². The number of thiazole rings is 1. The van der Waals surface area contributed by atoms with E-state index in [1.54, 1.807) is 0 Å². The number of hydrogen-bond acceptors (Lipinski definition) is 14. The van der Waals surface area contributed by atoms with E-state index >= 15 is 0 Å². The minimum Gasteiger partial charge on any atom is -1.00 e. The molecule has 0 saturated carbocycles. The third-order valence-electron chi connectivity index (χ3n) is 5.24. The maximum atomic E-state index is 13.0. The molecule has 212 valence electrons. The van der Waals surface area contributed by atoms with Crippen molar-refractivity contribution in [2.75, 3.05) is 12.3 Å². The fourth-order valence-electron chi connectivity index (χ4n) is 3.18. The van der Waals surface area contributed by atoms with Gasteiger partial charge in [-0.25, -0.2) is 14.1 Å². The molecule has 0 radical (unpaired) electrons. The molecule has 17 nitrogen and oxygen atoms in total. The number of benzene rings is 1. The predicted octanol–water partition coefficient (Wildman–Crippen LogP) is -3.52. The molecule has 3 rings (SSSR count). The molecular formula is C20H23N6NaO11S2. The topological polar surface area (TPSA) is 254 Å². The second-order valence-electron chi connectivity index (χ2n) is 8.43. The first-order valence-electron chi connectivity index (χ1n) is 10.8. The van der Waals surface area contributed by atoms with E-state index in [0.29, 0.717) is 5.56 Å². The summed E-state index contributed by atoms with van der Waals surface area (Å²) in [5.41, 5.74) is 3.51. The first kappa shape index (κ1) is 33.0. The Bertz CT molecular complexity index is 1440. The molecule has 40 heavy (non-hydrogen) atoms. The van der Waals surface area contributed by atoms with E-state index in [-0.39, 0.29) is 58.4 Å². The Morgan fingerprint density at radius 1 is 1.35 bits per heavy atom. The molecule has 0 spiro atoms. The molecule has 20 heteroatoms. The van der Waals surface area contributed by atoms with Crippen molar-refractivity contribution >= 4 is 56.0 Å². The maximum absolute atomic E-state index is 13.0. The number of nitrogens with one attached hydrogen (secondary N) is 1. The number of ether oxygens (including phenoxy) is 1. The van der Waals surface area contributed by atoms with Gasteiger partial charge in [-0.2, -0.15) is 8.42 Å².